The lowest BCUT2D eigenvalue weighted by Crippen LogP contribution is -2.20. The van der Waals surface area contributed by atoms with Gasteiger partial charge < -0.3 is 9.30 Å². The highest BCUT2D eigenvalue weighted by atomic mass is 16.5. The molecule has 0 radical (unpaired) electrons. The summed E-state index contributed by atoms with van der Waals surface area (Å²) in [4.78, 5) is 15.5. The first kappa shape index (κ1) is 12.0. The average molecular weight is 279 g/mol. The molecule has 21 heavy (non-hydrogen) atoms. The van der Waals surface area contributed by atoms with Crippen molar-refractivity contribution < 1.29 is 9.53 Å². The summed E-state index contributed by atoms with van der Waals surface area (Å²) in [7, 11) is 1.98. The number of anilines is 1. The first-order valence-electron chi connectivity index (χ1n) is 6.69. The molecule has 1 amide bonds. The van der Waals surface area contributed by atoms with Gasteiger partial charge in [-0.25, -0.2) is 9.78 Å². The second-order valence-electron chi connectivity index (χ2n) is 5.13. The minimum Gasteiger partial charge on any atom is -0.444 e. The third-order valence-corrected chi connectivity index (χ3v) is 3.76. The van der Waals surface area contributed by atoms with Crippen LogP contribution in [0.4, 0.5) is 10.5 Å². The minimum atomic E-state index is -0.397. The van der Waals surface area contributed by atoms with E-state index < -0.39 is 6.09 Å². The molecule has 0 aliphatic carbocycles. The van der Waals surface area contributed by atoms with E-state index in [0.717, 1.165) is 33.4 Å². The molecule has 2 aromatic carbocycles. The molecule has 1 aliphatic rings. The molecule has 0 bridgehead atoms. The van der Waals surface area contributed by atoms with Crippen molar-refractivity contribution in [2.75, 3.05) is 5.32 Å². The van der Waals surface area contributed by atoms with Crippen molar-refractivity contribution in [1.29, 1.82) is 0 Å². The normalized spacial score (nSPS) is 13.7. The monoisotopic (exact) mass is 279 g/mol. The van der Waals surface area contributed by atoms with Gasteiger partial charge in [-0.3, -0.25) is 5.32 Å². The molecule has 5 nitrogen and oxygen atoms in total. The fourth-order valence-electron chi connectivity index (χ4n) is 2.61. The van der Waals surface area contributed by atoms with Crippen LogP contribution in [0.3, 0.4) is 0 Å². The molecular formula is C16H13N3O2. The number of nitrogens with one attached hydrogen (secondary N) is 1. The van der Waals surface area contributed by atoms with Crippen LogP contribution in [0.25, 0.3) is 22.2 Å². The van der Waals surface area contributed by atoms with Gasteiger partial charge in [0.2, 0.25) is 0 Å². The summed E-state index contributed by atoms with van der Waals surface area (Å²) >= 11 is 0. The Labute approximate surface area is 121 Å². The number of imidazole rings is 1. The number of cyclic esters (lactones) is 1. The highest BCUT2D eigenvalue weighted by molar-refractivity contribution is 5.89. The molecule has 0 saturated carbocycles. The van der Waals surface area contributed by atoms with Crippen LogP contribution in [0.15, 0.2) is 42.7 Å². The molecule has 0 atom stereocenters. The Morgan fingerprint density at radius 3 is 2.90 bits per heavy atom. The average Bonchev–Trinajstić information content (AvgIpc) is 2.88. The van der Waals surface area contributed by atoms with Gasteiger partial charge in [0, 0.05) is 12.6 Å². The van der Waals surface area contributed by atoms with Crippen molar-refractivity contribution in [1.82, 2.24) is 9.55 Å². The summed E-state index contributed by atoms with van der Waals surface area (Å²) in [6.07, 6.45) is 1.41. The first-order chi connectivity index (χ1) is 10.2. The Hall–Kier alpha value is -2.82. The van der Waals surface area contributed by atoms with E-state index in [0.29, 0.717) is 6.61 Å². The quantitative estimate of drug-likeness (QED) is 0.743. The third-order valence-electron chi connectivity index (χ3n) is 3.76. The number of carbonyl (C=O) groups excluding carboxylic acids is 1. The molecular weight excluding hydrogens is 266 g/mol. The zero-order chi connectivity index (χ0) is 14.4. The maximum atomic E-state index is 11.2. The lowest BCUT2D eigenvalue weighted by Gasteiger charge is -2.18. The Morgan fingerprint density at radius 1 is 1.19 bits per heavy atom. The predicted octanol–water partition coefficient (Wildman–Crippen LogP) is 3.30. The van der Waals surface area contributed by atoms with Gasteiger partial charge in [-0.15, -0.1) is 0 Å². The summed E-state index contributed by atoms with van der Waals surface area (Å²) in [5.41, 5.74) is 6.08. The van der Waals surface area contributed by atoms with Crippen LogP contribution in [0.1, 0.15) is 5.56 Å². The van der Waals surface area contributed by atoms with Crippen molar-refractivity contribution in [3.05, 3.63) is 48.3 Å². The molecule has 5 heteroatoms. The highest BCUT2D eigenvalue weighted by Gasteiger charge is 2.16. The largest absolute Gasteiger partial charge is 0.444 e. The molecule has 0 unspecified atom stereocenters. The van der Waals surface area contributed by atoms with Crippen LogP contribution >= 0.6 is 0 Å². The molecule has 4 rings (SSSR count). The van der Waals surface area contributed by atoms with E-state index in [2.05, 4.69) is 22.4 Å². The Morgan fingerprint density at radius 2 is 2.00 bits per heavy atom. The number of benzene rings is 2. The molecule has 0 spiro atoms. The Bertz CT molecular complexity index is 867. The molecule has 0 saturated heterocycles. The van der Waals surface area contributed by atoms with Crippen molar-refractivity contribution in [2.24, 2.45) is 7.05 Å². The number of fused-ring (bicyclic) bond motifs is 2. The predicted molar refractivity (Wildman–Crippen MR) is 80.0 cm³/mol. The number of nitrogens with zero attached hydrogens (tertiary/aromatic N) is 2. The Balaban J connectivity index is 1.81. The maximum Gasteiger partial charge on any atom is 0.411 e. The maximum absolute atomic E-state index is 11.2. The van der Waals surface area contributed by atoms with Crippen LogP contribution in [-0.2, 0) is 18.4 Å². The van der Waals surface area contributed by atoms with Crippen LogP contribution in [-0.4, -0.2) is 15.6 Å². The second kappa shape index (κ2) is 4.34. The number of aryl methyl sites for hydroxylation is 1. The standard InChI is InChI=1S/C16H13N3O2/c1-19-9-17-14-5-3-11(7-15(14)19)10-2-4-13-12(6-10)8-21-16(20)18-13/h2-7,9H,8H2,1H3,(H,18,20). The molecule has 0 fully saturated rings. The molecule has 1 aromatic heterocycles. The second-order valence-corrected chi connectivity index (χ2v) is 5.13. The fourth-order valence-corrected chi connectivity index (χ4v) is 2.61. The number of hydrogen-bond donors (Lipinski definition) is 1. The van der Waals surface area contributed by atoms with E-state index in [1.54, 1.807) is 0 Å². The van der Waals surface area contributed by atoms with E-state index in [1.165, 1.54) is 0 Å². The number of amides is 1. The van der Waals surface area contributed by atoms with Crippen LogP contribution in [0, 0.1) is 0 Å². The highest BCUT2D eigenvalue weighted by Crippen LogP contribution is 2.29. The molecule has 1 N–H and O–H groups in total. The van der Waals surface area contributed by atoms with Gasteiger partial charge in [-0.2, -0.15) is 0 Å². The number of ether oxygens (including phenoxy) is 1. The number of rotatable bonds is 1. The topological polar surface area (TPSA) is 56.2 Å². The summed E-state index contributed by atoms with van der Waals surface area (Å²) in [6.45, 7) is 0.308. The minimum absolute atomic E-state index is 0.308. The van der Waals surface area contributed by atoms with Gasteiger partial charge in [0.05, 0.1) is 23.0 Å². The molecule has 104 valence electrons. The van der Waals surface area contributed by atoms with Crippen molar-refractivity contribution >= 4 is 22.8 Å². The van der Waals surface area contributed by atoms with Gasteiger partial charge in [0.25, 0.3) is 0 Å². The first-order valence-corrected chi connectivity index (χ1v) is 6.69. The van der Waals surface area contributed by atoms with Crippen molar-refractivity contribution in [2.45, 2.75) is 6.61 Å². The van der Waals surface area contributed by atoms with E-state index in [9.17, 15) is 4.79 Å². The zero-order valence-corrected chi connectivity index (χ0v) is 11.5. The van der Waals surface area contributed by atoms with E-state index in [4.69, 9.17) is 4.74 Å². The van der Waals surface area contributed by atoms with Crippen LogP contribution < -0.4 is 5.32 Å². The number of aromatic nitrogens is 2. The summed E-state index contributed by atoms with van der Waals surface area (Å²) < 4.78 is 7.01. The van der Waals surface area contributed by atoms with E-state index in [1.807, 2.05) is 42.2 Å². The van der Waals surface area contributed by atoms with Gasteiger partial charge in [0.15, 0.2) is 0 Å². The smallest absolute Gasteiger partial charge is 0.411 e. The SMILES string of the molecule is Cn1cnc2ccc(-c3ccc4c(c3)COC(=O)N4)cc21. The van der Waals surface area contributed by atoms with Crippen LogP contribution in [0.2, 0.25) is 0 Å². The third kappa shape index (κ3) is 1.94. The molecule has 2 heterocycles. The number of carbonyl (C=O) groups is 1. The van der Waals surface area contributed by atoms with Crippen molar-refractivity contribution in [3.8, 4) is 11.1 Å². The lowest BCUT2D eigenvalue weighted by atomic mass is 10.0. The summed E-state index contributed by atoms with van der Waals surface area (Å²) in [6, 6.07) is 12.2. The van der Waals surface area contributed by atoms with Gasteiger partial charge in [-0.1, -0.05) is 12.1 Å². The summed E-state index contributed by atoms with van der Waals surface area (Å²) in [5, 5.41) is 2.70. The van der Waals surface area contributed by atoms with E-state index in [-0.39, 0.29) is 0 Å². The van der Waals surface area contributed by atoms with Crippen LogP contribution in [0.5, 0.6) is 0 Å². The Kier molecular flexibility index (Phi) is 2.47. The molecule has 3 aromatic rings. The lowest BCUT2D eigenvalue weighted by molar-refractivity contribution is 0.151. The fraction of sp³-hybridized carbons (Fsp3) is 0.125. The van der Waals surface area contributed by atoms with Gasteiger partial charge in [-0.05, 0) is 35.4 Å². The van der Waals surface area contributed by atoms with Gasteiger partial charge in [0.1, 0.15) is 6.61 Å². The summed E-state index contributed by atoms with van der Waals surface area (Å²) in [5.74, 6) is 0. The molecule has 1 aliphatic heterocycles. The zero-order valence-electron chi connectivity index (χ0n) is 11.5. The van der Waals surface area contributed by atoms with Crippen molar-refractivity contribution in [3.63, 3.8) is 0 Å². The van der Waals surface area contributed by atoms with E-state index >= 15 is 0 Å². The number of hydrogen-bond acceptors (Lipinski definition) is 3. The van der Waals surface area contributed by atoms with Gasteiger partial charge >= 0.3 is 6.09 Å².